The van der Waals surface area contributed by atoms with Gasteiger partial charge in [0.1, 0.15) is 5.69 Å². The minimum atomic E-state index is -0.192. The summed E-state index contributed by atoms with van der Waals surface area (Å²) >= 11 is 1.00. The molecule has 0 unspecified atom stereocenters. The smallest absolute Gasteiger partial charge is 0.305 e. The number of amides is 1. The van der Waals surface area contributed by atoms with E-state index in [9.17, 15) is 9.59 Å². The van der Waals surface area contributed by atoms with Gasteiger partial charge in [-0.05, 0) is 6.92 Å². The van der Waals surface area contributed by atoms with Crippen molar-refractivity contribution in [2.24, 2.45) is 0 Å². The third-order valence-corrected chi connectivity index (χ3v) is 2.24. The molecule has 0 aliphatic heterocycles. The van der Waals surface area contributed by atoms with Crippen molar-refractivity contribution < 1.29 is 4.79 Å². The zero-order valence-corrected chi connectivity index (χ0v) is 7.77. The van der Waals surface area contributed by atoms with Crippen molar-refractivity contribution in [1.82, 2.24) is 9.88 Å². The van der Waals surface area contributed by atoms with Crippen molar-refractivity contribution in [1.29, 1.82) is 0 Å². The van der Waals surface area contributed by atoms with Gasteiger partial charge in [0.25, 0.3) is 5.91 Å². The lowest BCUT2D eigenvalue weighted by atomic mass is 10.4. The molecule has 0 saturated carbocycles. The molecule has 0 radical (unpaired) electrons. The predicted octanol–water partition coefficient (Wildman–Crippen LogP) is 0.528. The first-order valence-corrected chi connectivity index (χ1v) is 4.46. The molecule has 4 nitrogen and oxygen atoms in total. The minimum Gasteiger partial charge on any atom is -0.341 e. The molecule has 1 rings (SSSR count). The highest BCUT2D eigenvalue weighted by Crippen LogP contribution is 1.99. The SMILES string of the molecule is CCN(C)C(=O)c1csc(=O)[nH]1. The lowest BCUT2D eigenvalue weighted by Gasteiger charge is -2.11. The Hall–Kier alpha value is -1.10. The van der Waals surface area contributed by atoms with Crippen LogP contribution in [0, 0.1) is 0 Å². The monoisotopic (exact) mass is 186 g/mol. The normalized spacial score (nSPS) is 9.83. The fraction of sp³-hybridized carbons (Fsp3) is 0.429. The quantitative estimate of drug-likeness (QED) is 0.732. The molecule has 0 bridgehead atoms. The second kappa shape index (κ2) is 3.53. The fourth-order valence-electron chi connectivity index (χ4n) is 0.734. The fourth-order valence-corrected chi connectivity index (χ4v) is 1.29. The first-order chi connectivity index (χ1) is 5.65. The number of nitrogens with one attached hydrogen (secondary N) is 1. The van der Waals surface area contributed by atoms with Crippen LogP contribution in [0.1, 0.15) is 17.4 Å². The molecule has 1 heterocycles. The van der Waals surface area contributed by atoms with Crippen LogP contribution in [-0.4, -0.2) is 29.4 Å². The zero-order chi connectivity index (χ0) is 9.14. The van der Waals surface area contributed by atoms with Crippen molar-refractivity contribution in [3.63, 3.8) is 0 Å². The van der Waals surface area contributed by atoms with E-state index in [0.717, 1.165) is 11.3 Å². The van der Waals surface area contributed by atoms with Crippen LogP contribution >= 0.6 is 11.3 Å². The summed E-state index contributed by atoms with van der Waals surface area (Å²) < 4.78 is 0. The number of hydrogen-bond acceptors (Lipinski definition) is 3. The standard InChI is InChI=1S/C7H10N2O2S/c1-3-9(2)6(10)5-4-12-7(11)8-5/h4H,3H2,1-2H3,(H,8,11). The Labute approximate surface area is 73.8 Å². The summed E-state index contributed by atoms with van der Waals surface area (Å²) in [6.07, 6.45) is 0. The number of aromatic amines is 1. The first-order valence-electron chi connectivity index (χ1n) is 3.58. The summed E-state index contributed by atoms with van der Waals surface area (Å²) in [5, 5.41) is 1.54. The molecule has 0 aliphatic carbocycles. The summed E-state index contributed by atoms with van der Waals surface area (Å²) in [4.78, 5) is 25.9. The Balaban J connectivity index is 2.85. The predicted molar refractivity (Wildman–Crippen MR) is 47.6 cm³/mol. The Morgan fingerprint density at radius 2 is 2.42 bits per heavy atom. The second-order valence-corrected chi connectivity index (χ2v) is 3.22. The molecule has 0 fully saturated rings. The summed E-state index contributed by atoms with van der Waals surface area (Å²) in [6.45, 7) is 2.51. The number of aromatic nitrogens is 1. The lowest BCUT2D eigenvalue weighted by molar-refractivity contribution is 0.0797. The highest BCUT2D eigenvalue weighted by Gasteiger charge is 2.11. The molecule has 1 amide bonds. The van der Waals surface area contributed by atoms with Crippen LogP contribution < -0.4 is 4.87 Å². The van der Waals surface area contributed by atoms with Gasteiger partial charge < -0.3 is 9.88 Å². The maximum absolute atomic E-state index is 11.4. The molecule has 5 heteroatoms. The van der Waals surface area contributed by atoms with E-state index in [1.807, 2.05) is 6.92 Å². The lowest BCUT2D eigenvalue weighted by Crippen LogP contribution is -2.26. The molecule has 66 valence electrons. The highest BCUT2D eigenvalue weighted by atomic mass is 32.1. The maximum Gasteiger partial charge on any atom is 0.305 e. The summed E-state index contributed by atoms with van der Waals surface area (Å²) in [7, 11) is 1.69. The summed E-state index contributed by atoms with van der Waals surface area (Å²) in [6, 6.07) is 0. The van der Waals surface area contributed by atoms with Gasteiger partial charge in [-0.1, -0.05) is 11.3 Å². The second-order valence-electron chi connectivity index (χ2n) is 2.38. The van der Waals surface area contributed by atoms with Crippen LogP contribution in [-0.2, 0) is 0 Å². The minimum absolute atomic E-state index is 0.143. The number of H-pyrrole nitrogens is 1. The molecule has 1 aromatic rings. The van der Waals surface area contributed by atoms with Gasteiger partial charge in [0.05, 0.1) is 0 Å². The van der Waals surface area contributed by atoms with Gasteiger partial charge in [-0.15, -0.1) is 0 Å². The van der Waals surface area contributed by atoms with Crippen molar-refractivity contribution in [2.45, 2.75) is 6.92 Å². The Morgan fingerprint density at radius 1 is 1.75 bits per heavy atom. The van der Waals surface area contributed by atoms with Gasteiger partial charge in [0.2, 0.25) is 0 Å². The van der Waals surface area contributed by atoms with Gasteiger partial charge in [-0.3, -0.25) is 9.59 Å². The Kier molecular flexibility index (Phi) is 2.65. The molecular formula is C7H10N2O2S. The number of hydrogen-bond donors (Lipinski definition) is 1. The maximum atomic E-state index is 11.4. The molecule has 0 aromatic carbocycles. The average Bonchev–Trinajstić information content (AvgIpc) is 2.49. The van der Waals surface area contributed by atoms with E-state index in [1.54, 1.807) is 7.05 Å². The molecule has 0 spiro atoms. The van der Waals surface area contributed by atoms with Crippen molar-refractivity contribution in [3.8, 4) is 0 Å². The van der Waals surface area contributed by atoms with E-state index in [1.165, 1.54) is 10.3 Å². The van der Waals surface area contributed by atoms with E-state index in [4.69, 9.17) is 0 Å². The zero-order valence-electron chi connectivity index (χ0n) is 6.96. The summed E-state index contributed by atoms with van der Waals surface area (Å²) in [5.41, 5.74) is 0.370. The highest BCUT2D eigenvalue weighted by molar-refractivity contribution is 7.07. The number of carbonyl (C=O) groups excluding carboxylic acids is 1. The largest absolute Gasteiger partial charge is 0.341 e. The molecular weight excluding hydrogens is 176 g/mol. The van der Waals surface area contributed by atoms with Crippen molar-refractivity contribution in [3.05, 3.63) is 20.7 Å². The van der Waals surface area contributed by atoms with E-state index in [-0.39, 0.29) is 10.8 Å². The molecule has 0 saturated heterocycles. The van der Waals surface area contributed by atoms with Crippen LogP contribution in [0.25, 0.3) is 0 Å². The van der Waals surface area contributed by atoms with Crippen LogP contribution in [0.4, 0.5) is 0 Å². The summed E-state index contributed by atoms with van der Waals surface area (Å²) in [5.74, 6) is -0.143. The Morgan fingerprint density at radius 3 is 2.83 bits per heavy atom. The average molecular weight is 186 g/mol. The molecule has 1 aromatic heterocycles. The number of thiazole rings is 1. The first kappa shape index (κ1) is 8.99. The van der Waals surface area contributed by atoms with Gasteiger partial charge in [0, 0.05) is 19.0 Å². The Bertz CT molecular complexity index is 328. The topological polar surface area (TPSA) is 53.2 Å². The van der Waals surface area contributed by atoms with E-state index in [2.05, 4.69) is 4.98 Å². The van der Waals surface area contributed by atoms with Gasteiger partial charge in [0.15, 0.2) is 0 Å². The number of carbonyl (C=O) groups is 1. The third kappa shape index (κ3) is 1.73. The van der Waals surface area contributed by atoms with E-state index >= 15 is 0 Å². The van der Waals surface area contributed by atoms with Gasteiger partial charge in [-0.25, -0.2) is 0 Å². The molecule has 0 atom stereocenters. The van der Waals surface area contributed by atoms with Crippen LogP contribution in [0.15, 0.2) is 10.2 Å². The van der Waals surface area contributed by atoms with Gasteiger partial charge in [-0.2, -0.15) is 0 Å². The van der Waals surface area contributed by atoms with Crippen molar-refractivity contribution >= 4 is 17.2 Å². The van der Waals surface area contributed by atoms with E-state index in [0.29, 0.717) is 12.2 Å². The molecule has 12 heavy (non-hydrogen) atoms. The third-order valence-electron chi connectivity index (χ3n) is 1.57. The molecule has 1 N–H and O–H groups in total. The van der Waals surface area contributed by atoms with Crippen molar-refractivity contribution in [2.75, 3.05) is 13.6 Å². The van der Waals surface area contributed by atoms with Crippen LogP contribution in [0.3, 0.4) is 0 Å². The van der Waals surface area contributed by atoms with E-state index < -0.39 is 0 Å². The van der Waals surface area contributed by atoms with Crippen LogP contribution in [0.5, 0.6) is 0 Å². The van der Waals surface area contributed by atoms with Crippen LogP contribution in [0.2, 0.25) is 0 Å². The van der Waals surface area contributed by atoms with Gasteiger partial charge >= 0.3 is 4.87 Å². The molecule has 0 aliphatic rings. The number of rotatable bonds is 2. The number of nitrogens with zero attached hydrogens (tertiary/aromatic N) is 1.